The highest BCUT2D eigenvalue weighted by Gasteiger charge is 2.10. The molecule has 3 nitrogen and oxygen atoms in total. The fourth-order valence-corrected chi connectivity index (χ4v) is 2.60. The molecule has 1 heterocycles. The number of imidazole rings is 1. The van der Waals surface area contributed by atoms with E-state index in [4.69, 9.17) is 0 Å². The molecule has 1 aromatic carbocycles. The second kappa shape index (κ2) is 6.23. The van der Waals surface area contributed by atoms with E-state index < -0.39 is 0 Å². The Morgan fingerprint density at radius 2 is 1.85 bits per heavy atom. The van der Waals surface area contributed by atoms with Crippen molar-refractivity contribution in [1.29, 1.82) is 0 Å². The van der Waals surface area contributed by atoms with Crippen LogP contribution in [0.3, 0.4) is 0 Å². The Labute approximate surface area is 121 Å². The summed E-state index contributed by atoms with van der Waals surface area (Å²) in [4.78, 5) is 7.92. The molecule has 2 rings (SSSR count). The molecule has 0 saturated carbocycles. The zero-order chi connectivity index (χ0) is 14.7. The lowest BCUT2D eigenvalue weighted by Gasteiger charge is -2.10. The molecule has 1 unspecified atom stereocenters. The molecule has 0 fully saturated rings. The molecule has 0 saturated heterocycles. The van der Waals surface area contributed by atoms with E-state index in [9.17, 15) is 0 Å². The first-order chi connectivity index (χ1) is 9.51. The van der Waals surface area contributed by atoms with Crippen molar-refractivity contribution < 1.29 is 0 Å². The van der Waals surface area contributed by atoms with Gasteiger partial charge in [-0.3, -0.25) is 0 Å². The van der Waals surface area contributed by atoms with Gasteiger partial charge in [-0.2, -0.15) is 0 Å². The number of hydrogen-bond acceptors (Lipinski definition) is 2. The van der Waals surface area contributed by atoms with Gasteiger partial charge in [-0.1, -0.05) is 24.6 Å². The van der Waals surface area contributed by atoms with Crippen molar-refractivity contribution in [3.05, 3.63) is 40.8 Å². The van der Waals surface area contributed by atoms with Crippen molar-refractivity contribution in [3.8, 4) is 11.3 Å². The van der Waals surface area contributed by atoms with Crippen LogP contribution in [0.4, 0.5) is 0 Å². The Bertz CT molecular complexity index is 561. The lowest BCUT2D eigenvalue weighted by atomic mass is 9.98. The van der Waals surface area contributed by atoms with Crippen molar-refractivity contribution >= 4 is 0 Å². The summed E-state index contributed by atoms with van der Waals surface area (Å²) in [6.45, 7) is 11.6. The minimum absolute atomic E-state index is 0.520. The SMILES string of the molecule is CCC(C)NCc1ncc(-c2c(C)cc(C)cc2C)[nH]1. The first kappa shape index (κ1) is 14.8. The van der Waals surface area contributed by atoms with Crippen LogP contribution in [0.1, 0.15) is 42.8 Å². The summed E-state index contributed by atoms with van der Waals surface area (Å²) in [5.41, 5.74) is 6.29. The maximum absolute atomic E-state index is 4.49. The highest BCUT2D eigenvalue weighted by molar-refractivity contribution is 5.67. The molecule has 0 aliphatic carbocycles. The van der Waals surface area contributed by atoms with Gasteiger partial charge in [-0.05, 0) is 45.2 Å². The molecule has 1 atom stereocenters. The fraction of sp³-hybridized carbons (Fsp3) is 0.471. The number of nitrogens with zero attached hydrogens (tertiary/aromatic N) is 1. The van der Waals surface area contributed by atoms with Crippen molar-refractivity contribution in [3.63, 3.8) is 0 Å². The first-order valence-electron chi connectivity index (χ1n) is 7.36. The molecular weight excluding hydrogens is 246 g/mol. The lowest BCUT2D eigenvalue weighted by molar-refractivity contribution is 0.525. The minimum atomic E-state index is 0.520. The quantitative estimate of drug-likeness (QED) is 0.866. The maximum Gasteiger partial charge on any atom is 0.120 e. The van der Waals surface area contributed by atoms with Crippen LogP contribution in [-0.2, 0) is 6.54 Å². The molecule has 2 aromatic rings. The fourth-order valence-electron chi connectivity index (χ4n) is 2.60. The molecule has 0 radical (unpaired) electrons. The highest BCUT2D eigenvalue weighted by Crippen LogP contribution is 2.26. The lowest BCUT2D eigenvalue weighted by Crippen LogP contribution is -2.24. The molecule has 1 aromatic heterocycles. The van der Waals surface area contributed by atoms with Crippen LogP contribution in [0.15, 0.2) is 18.3 Å². The largest absolute Gasteiger partial charge is 0.341 e. The average Bonchev–Trinajstić information content (AvgIpc) is 2.83. The Morgan fingerprint density at radius 1 is 1.20 bits per heavy atom. The topological polar surface area (TPSA) is 40.7 Å². The number of H-pyrrole nitrogens is 1. The van der Waals surface area contributed by atoms with Crippen LogP contribution in [0, 0.1) is 20.8 Å². The third kappa shape index (κ3) is 3.28. The molecule has 108 valence electrons. The standard InChI is InChI=1S/C17H25N3/c1-6-14(5)18-10-16-19-9-15(20-16)17-12(3)7-11(2)8-13(17)4/h7-9,14,18H,6,10H2,1-5H3,(H,19,20). The van der Waals surface area contributed by atoms with Gasteiger partial charge in [-0.25, -0.2) is 4.98 Å². The van der Waals surface area contributed by atoms with Gasteiger partial charge in [0.05, 0.1) is 18.4 Å². The van der Waals surface area contributed by atoms with Crippen LogP contribution in [-0.4, -0.2) is 16.0 Å². The van der Waals surface area contributed by atoms with Gasteiger partial charge in [0.2, 0.25) is 0 Å². The number of aromatic amines is 1. The number of aryl methyl sites for hydroxylation is 3. The normalized spacial score (nSPS) is 12.7. The molecule has 0 spiro atoms. The van der Waals surface area contributed by atoms with E-state index in [0.29, 0.717) is 6.04 Å². The number of nitrogens with one attached hydrogen (secondary N) is 2. The number of aromatic nitrogens is 2. The zero-order valence-electron chi connectivity index (χ0n) is 13.2. The summed E-state index contributed by atoms with van der Waals surface area (Å²) in [5.74, 6) is 1.000. The third-order valence-corrected chi connectivity index (χ3v) is 3.81. The Hall–Kier alpha value is -1.61. The summed E-state index contributed by atoms with van der Waals surface area (Å²) >= 11 is 0. The van der Waals surface area contributed by atoms with E-state index in [0.717, 1.165) is 24.5 Å². The van der Waals surface area contributed by atoms with Crippen molar-refractivity contribution in [2.45, 2.75) is 53.6 Å². The summed E-state index contributed by atoms with van der Waals surface area (Å²) in [5, 5.41) is 3.46. The average molecular weight is 271 g/mol. The third-order valence-electron chi connectivity index (χ3n) is 3.81. The predicted molar refractivity (Wildman–Crippen MR) is 84.8 cm³/mol. The van der Waals surface area contributed by atoms with Crippen LogP contribution in [0.2, 0.25) is 0 Å². The minimum Gasteiger partial charge on any atom is -0.341 e. The molecule has 0 aliphatic rings. The molecule has 20 heavy (non-hydrogen) atoms. The summed E-state index contributed by atoms with van der Waals surface area (Å²) < 4.78 is 0. The molecular formula is C17H25N3. The van der Waals surface area contributed by atoms with Gasteiger partial charge >= 0.3 is 0 Å². The Kier molecular flexibility index (Phi) is 4.61. The van der Waals surface area contributed by atoms with Crippen LogP contribution in [0.25, 0.3) is 11.3 Å². The van der Waals surface area contributed by atoms with E-state index in [-0.39, 0.29) is 0 Å². The Morgan fingerprint density at radius 3 is 2.45 bits per heavy atom. The van der Waals surface area contributed by atoms with Gasteiger partial charge in [-0.15, -0.1) is 0 Å². The van der Waals surface area contributed by atoms with Crippen molar-refractivity contribution in [2.75, 3.05) is 0 Å². The van der Waals surface area contributed by atoms with E-state index in [1.54, 1.807) is 0 Å². The first-order valence-corrected chi connectivity index (χ1v) is 7.36. The van der Waals surface area contributed by atoms with E-state index in [1.807, 2.05) is 6.20 Å². The van der Waals surface area contributed by atoms with Gasteiger partial charge in [0.15, 0.2) is 0 Å². The van der Waals surface area contributed by atoms with E-state index >= 15 is 0 Å². The van der Waals surface area contributed by atoms with Gasteiger partial charge in [0, 0.05) is 11.6 Å². The zero-order valence-corrected chi connectivity index (χ0v) is 13.2. The summed E-state index contributed by atoms with van der Waals surface area (Å²) in [6, 6.07) is 4.96. The van der Waals surface area contributed by atoms with Crippen LogP contribution < -0.4 is 5.32 Å². The summed E-state index contributed by atoms with van der Waals surface area (Å²) in [6.07, 6.45) is 3.07. The monoisotopic (exact) mass is 271 g/mol. The van der Waals surface area contributed by atoms with Gasteiger partial charge < -0.3 is 10.3 Å². The molecule has 2 N–H and O–H groups in total. The van der Waals surface area contributed by atoms with Crippen LogP contribution >= 0.6 is 0 Å². The van der Waals surface area contributed by atoms with Crippen molar-refractivity contribution in [1.82, 2.24) is 15.3 Å². The van der Waals surface area contributed by atoms with Gasteiger partial charge in [0.1, 0.15) is 5.82 Å². The molecule has 3 heteroatoms. The number of hydrogen-bond donors (Lipinski definition) is 2. The second-order valence-electron chi connectivity index (χ2n) is 5.71. The highest BCUT2D eigenvalue weighted by atomic mass is 15.0. The molecule has 0 aliphatic heterocycles. The second-order valence-corrected chi connectivity index (χ2v) is 5.71. The van der Waals surface area contributed by atoms with Crippen LogP contribution in [0.5, 0.6) is 0 Å². The molecule has 0 bridgehead atoms. The number of benzene rings is 1. The predicted octanol–water partition coefficient (Wildman–Crippen LogP) is 3.89. The van der Waals surface area contributed by atoms with Gasteiger partial charge in [0.25, 0.3) is 0 Å². The smallest absolute Gasteiger partial charge is 0.120 e. The van der Waals surface area contributed by atoms with E-state index in [2.05, 4.69) is 62.0 Å². The maximum atomic E-state index is 4.49. The molecule has 0 amide bonds. The Balaban J connectivity index is 2.21. The van der Waals surface area contributed by atoms with E-state index in [1.165, 1.54) is 22.3 Å². The number of rotatable bonds is 5. The van der Waals surface area contributed by atoms with Crippen molar-refractivity contribution in [2.24, 2.45) is 0 Å². The summed E-state index contributed by atoms with van der Waals surface area (Å²) in [7, 11) is 0.